The number of rotatable bonds is 3. The zero-order chi connectivity index (χ0) is 14.1. The Kier molecular flexibility index (Phi) is 3.81. The maximum absolute atomic E-state index is 11.3. The van der Waals surface area contributed by atoms with E-state index in [-0.39, 0.29) is 5.56 Å². The van der Waals surface area contributed by atoms with Crippen molar-refractivity contribution in [3.8, 4) is 0 Å². The Bertz CT molecular complexity index is 517. The summed E-state index contributed by atoms with van der Waals surface area (Å²) in [5.41, 5.74) is 0.233. The van der Waals surface area contributed by atoms with E-state index >= 15 is 0 Å². The molecule has 0 amide bonds. The monoisotopic (exact) mass is 295 g/mol. The molecule has 2 fully saturated rings. The van der Waals surface area contributed by atoms with E-state index in [2.05, 4.69) is 14.8 Å². The molecular weight excluding hydrogens is 278 g/mol. The summed E-state index contributed by atoms with van der Waals surface area (Å²) in [4.78, 5) is 20.1. The number of hydrogen-bond acceptors (Lipinski definition) is 4. The van der Waals surface area contributed by atoms with Gasteiger partial charge in [-0.05, 0) is 44.5 Å². The number of carboxylic acid groups (broad SMARTS) is 1. The zero-order valence-electron chi connectivity index (χ0n) is 11.3. The number of aromatic nitrogens is 1. The fraction of sp³-hybridized carbons (Fsp3) is 0.571. The van der Waals surface area contributed by atoms with Crippen LogP contribution >= 0.6 is 11.6 Å². The van der Waals surface area contributed by atoms with Crippen molar-refractivity contribution in [2.75, 3.05) is 31.1 Å². The highest BCUT2D eigenvalue weighted by Gasteiger charge is 2.31. The van der Waals surface area contributed by atoms with Gasteiger partial charge in [-0.3, -0.25) is 4.90 Å². The minimum atomic E-state index is -0.950. The second-order valence-corrected chi connectivity index (χ2v) is 5.83. The summed E-state index contributed by atoms with van der Waals surface area (Å²) in [7, 11) is 0. The number of hydrogen-bond donors (Lipinski definition) is 1. The molecular formula is C14H18ClN3O2. The summed E-state index contributed by atoms with van der Waals surface area (Å²) in [6.07, 6.45) is 3.60. The van der Waals surface area contributed by atoms with Gasteiger partial charge in [0, 0.05) is 19.1 Å². The molecule has 0 spiro atoms. The first-order valence-electron chi connectivity index (χ1n) is 7.04. The fourth-order valence-electron chi connectivity index (χ4n) is 3.17. The molecule has 0 aromatic carbocycles. The van der Waals surface area contributed by atoms with E-state index in [1.807, 2.05) is 0 Å². The second-order valence-electron chi connectivity index (χ2n) is 5.44. The van der Waals surface area contributed by atoms with Crippen LogP contribution in [0.25, 0.3) is 0 Å². The molecule has 20 heavy (non-hydrogen) atoms. The lowest BCUT2D eigenvalue weighted by Gasteiger charge is -2.24. The molecule has 1 atom stereocenters. The number of halogens is 1. The smallest absolute Gasteiger partial charge is 0.339 e. The Morgan fingerprint density at radius 1 is 1.30 bits per heavy atom. The normalized spacial score (nSPS) is 23.4. The molecule has 1 aromatic heterocycles. The lowest BCUT2D eigenvalue weighted by Crippen LogP contribution is -2.35. The number of carboxylic acids is 1. The van der Waals surface area contributed by atoms with Crippen molar-refractivity contribution < 1.29 is 9.90 Å². The lowest BCUT2D eigenvalue weighted by atomic mass is 10.2. The Morgan fingerprint density at radius 2 is 2.05 bits per heavy atom. The Balaban J connectivity index is 1.80. The second kappa shape index (κ2) is 5.58. The average Bonchev–Trinajstić information content (AvgIpc) is 3.09. The van der Waals surface area contributed by atoms with Gasteiger partial charge in [0.1, 0.15) is 16.5 Å². The third-order valence-corrected chi connectivity index (χ3v) is 4.40. The van der Waals surface area contributed by atoms with E-state index < -0.39 is 5.97 Å². The number of pyridine rings is 1. The Labute approximate surface area is 123 Å². The molecule has 1 N–H and O–H groups in total. The molecule has 3 rings (SSSR count). The summed E-state index contributed by atoms with van der Waals surface area (Å²) in [5.74, 6) is -0.444. The third kappa shape index (κ3) is 2.60. The Hall–Kier alpha value is -1.33. The van der Waals surface area contributed by atoms with E-state index in [1.165, 1.54) is 25.0 Å². The van der Waals surface area contributed by atoms with Gasteiger partial charge < -0.3 is 10.0 Å². The van der Waals surface area contributed by atoms with Crippen LogP contribution in [0.4, 0.5) is 5.82 Å². The molecule has 0 saturated carbocycles. The van der Waals surface area contributed by atoms with Gasteiger partial charge in [-0.15, -0.1) is 0 Å². The first-order valence-corrected chi connectivity index (χ1v) is 7.42. The Morgan fingerprint density at radius 3 is 2.75 bits per heavy atom. The fourth-order valence-corrected chi connectivity index (χ4v) is 3.32. The van der Waals surface area contributed by atoms with Crippen molar-refractivity contribution >= 4 is 23.4 Å². The topological polar surface area (TPSA) is 56.7 Å². The standard InChI is InChI=1S/C14H18ClN3O2/c15-12-4-3-11(14(19)20)13(16-12)18-8-5-10(9-18)17-6-1-2-7-17/h3-4,10H,1-2,5-9H2,(H,19,20). The number of anilines is 1. The molecule has 6 heteroatoms. The molecule has 0 radical (unpaired) electrons. The van der Waals surface area contributed by atoms with Gasteiger partial charge in [0.15, 0.2) is 0 Å². The summed E-state index contributed by atoms with van der Waals surface area (Å²) < 4.78 is 0. The first-order chi connectivity index (χ1) is 9.65. The summed E-state index contributed by atoms with van der Waals surface area (Å²) in [5, 5.41) is 9.62. The van der Waals surface area contributed by atoms with E-state index in [0.29, 0.717) is 17.0 Å². The highest BCUT2D eigenvalue weighted by atomic mass is 35.5. The van der Waals surface area contributed by atoms with E-state index in [9.17, 15) is 9.90 Å². The number of nitrogens with zero attached hydrogens (tertiary/aromatic N) is 3. The first kappa shape index (κ1) is 13.6. The number of aromatic carboxylic acids is 1. The molecule has 2 aliphatic heterocycles. The molecule has 1 unspecified atom stereocenters. The van der Waals surface area contributed by atoms with Crippen LogP contribution in [-0.2, 0) is 0 Å². The van der Waals surface area contributed by atoms with Crippen LogP contribution in [0.3, 0.4) is 0 Å². The van der Waals surface area contributed by atoms with Gasteiger partial charge in [-0.25, -0.2) is 9.78 Å². The molecule has 1 aromatic rings. The predicted octanol–water partition coefficient (Wildman–Crippen LogP) is 2.11. The van der Waals surface area contributed by atoms with Gasteiger partial charge in [-0.1, -0.05) is 11.6 Å². The van der Waals surface area contributed by atoms with Crippen LogP contribution in [0.2, 0.25) is 5.15 Å². The van der Waals surface area contributed by atoms with Crippen molar-refractivity contribution in [3.05, 3.63) is 22.8 Å². The largest absolute Gasteiger partial charge is 0.478 e. The quantitative estimate of drug-likeness (QED) is 0.866. The SMILES string of the molecule is O=C(O)c1ccc(Cl)nc1N1CCC(N2CCCC2)C1. The van der Waals surface area contributed by atoms with E-state index in [1.54, 1.807) is 0 Å². The van der Waals surface area contributed by atoms with Gasteiger partial charge in [0.25, 0.3) is 0 Å². The summed E-state index contributed by atoms with van der Waals surface area (Å²) >= 11 is 5.92. The van der Waals surface area contributed by atoms with E-state index in [0.717, 1.165) is 32.6 Å². The van der Waals surface area contributed by atoms with Crippen LogP contribution in [0, 0.1) is 0 Å². The van der Waals surface area contributed by atoms with Crippen LogP contribution in [0.5, 0.6) is 0 Å². The van der Waals surface area contributed by atoms with Crippen LogP contribution < -0.4 is 4.90 Å². The van der Waals surface area contributed by atoms with Gasteiger partial charge in [0.2, 0.25) is 0 Å². The molecule has 108 valence electrons. The minimum absolute atomic E-state index is 0.233. The van der Waals surface area contributed by atoms with Crippen molar-refractivity contribution in [3.63, 3.8) is 0 Å². The number of likely N-dealkylation sites (tertiary alicyclic amines) is 1. The average molecular weight is 296 g/mol. The van der Waals surface area contributed by atoms with Crippen molar-refractivity contribution in [2.45, 2.75) is 25.3 Å². The van der Waals surface area contributed by atoms with Crippen molar-refractivity contribution in [1.82, 2.24) is 9.88 Å². The van der Waals surface area contributed by atoms with Crippen LogP contribution in [-0.4, -0.2) is 53.2 Å². The van der Waals surface area contributed by atoms with Gasteiger partial charge in [-0.2, -0.15) is 0 Å². The molecule has 2 aliphatic rings. The molecule has 3 heterocycles. The zero-order valence-corrected chi connectivity index (χ0v) is 12.0. The van der Waals surface area contributed by atoms with Gasteiger partial charge in [0.05, 0.1) is 0 Å². The van der Waals surface area contributed by atoms with E-state index in [4.69, 9.17) is 11.6 Å². The van der Waals surface area contributed by atoms with Gasteiger partial charge >= 0.3 is 5.97 Å². The van der Waals surface area contributed by atoms with Crippen LogP contribution in [0.15, 0.2) is 12.1 Å². The maximum atomic E-state index is 11.3. The summed E-state index contributed by atoms with van der Waals surface area (Å²) in [6.45, 7) is 4.00. The molecule has 5 nitrogen and oxygen atoms in total. The van der Waals surface area contributed by atoms with Crippen LogP contribution in [0.1, 0.15) is 29.6 Å². The minimum Gasteiger partial charge on any atom is -0.478 e. The molecule has 2 saturated heterocycles. The van der Waals surface area contributed by atoms with Crippen molar-refractivity contribution in [2.24, 2.45) is 0 Å². The molecule has 0 aliphatic carbocycles. The highest BCUT2D eigenvalue weighted by Crippen LogP contribution is 2.27. The highest BCUT2D eigenvalue weighted by molar-refractivity contribution is 6.29. The predicted molar refractivity (Wildman–Crippen MR) is 77.6 cm³/mol. The lowest BCUT2D eigenvalue weighted by molar-refractivity contribution is 0.0697. The molecule has 0 bridgehead atoms. The third-order valence-electron chi connectivity index (χ3n) is 4.19. The number of carbonyl (C=O) groups is 1. The summed E-state index contributed by atoms with van der Waals surface area (Å²) in [6, 6.07) is 3.58. The maximum Gasteiger partial charge on any atom is 0.339 e. The van der Waals surface area contributed by atoms with Crippen molar-refractivity contribution in [1.29, 1.82) is 0 Å².